The van der Waals surface area contributed by atoms with E-state index >= 15 is 0 Å². The molecule has 0 saturated carbocycles. The van der Waals surface area contributed by atoms with E-state index in [0.717, 1.165) is 17.6 Å². The second kappa shape index (κ2) is 3.33. The second-order valence-electron chi connectivity index (χ2n) is 3.01. The molecule has 0 radical (unpaired) electrons. The number of nitrogens with one attached hydrogen (secondary N) is 1. The highest BCUT2D eigenvalue weighted by molar-refractivity contribution is 7.92. The molecule has 1 aromatic rings. The molecule has 5 heteroatoms. The summed E-state index contributed by atoms with van der Waals surface area (Å²) in [5, 5.41) is 0. The van der Waals surface area contributed by atoms with E-state index in [-0.39, 0.29) is 0 Å². The summed E-state index contributed by atoms with van der Waals surface area (Å²) < 4.78 is 24.2. The maximum Gasteiger partial charge on any atom is 0.229 e. The zero-order valence-electron chi connectivity index (χ0n) is 7.83. The van der Waals surface area contributed by atoms with Crippen molar-refractivity contribution in [1.29, 1.82) is 0 Å². The van der Waals surface area contributed by atoms with Crippen LogP contribution in [0.4, 0.5) is 5.69 Å². The van der Waals surface area contributed by atoms with Gasteiger partial charge in [-0.1, -0.05) is 0 Å². The number of aromatic nitrogens is 1. The number of aryl methyl sites for hydroxylation is 2. The highest BCUT2D eigenvalue weighted by Crippen LogP contribution is 2.11. The lowest BCUT2D eigenvalue weighted by molar-refractivity contribution is 0.607. The van der Waals surface area contributed by atoms with Gasteiger partial charge in [-0.3, -0.25) is 9.71 Å². The number of pyridine rings is 1. The third-order valence-corrected chi connectivity index (χ3v) is 1.99. The summed E-state index contributed by atoms with van der Waals surface area (Å²) >= 11 is 0. The first-order valence-electron chi connectivity index (χ1n) is 3.80. The molecule has 4 nitrogen and oxygen atoms in total. The number of anilines is 1. The summed E-state index contributed by atoms with van der Waals surface area (Å²) in [6.07, 6.45) is 1.12. The highest BCUT2D eigenvalue weighted by atomic mass is 32.2. The summed E-state index contributed by atoms with van der Waals surface area (Å²) in [7, 11) is -3.19. The van der Waals surface area contributed by atoms with Crippen molar-refractivity contribution in [3.05, 3.63) is 23.5 Å². The lowest BCUT2D eigenvalue weighted by Crippen LogP contribution is -2.10. The Morgan fingerprint density at radius 1 is 1.23 bits per heavy atom. The van der Waals surface area contributed by atoms with Crippen LogP contribution in [0.3, 0.4) is 0 Å². The topological polar surface area (TPSA) is 59.1 Å². The molecule has 0 spiro atoms. The summed E-state index contributed by atoms with van der Waals surface area (Å²) in [6.45, 7) is 3.64. The Bertz CT molecular complexity index is 392. The highest BCUT2D eigenvalue weighted by Gasteiger charge is 2.02. The Morgan fingerprint density at radius 3 is 2.08 bits per heavy atom. The minimum atomic E-state index is -3.19. The van der Waals surface area contributed by atoms with Crippen LogP contribution >= 0.6 is 0 Å². The van der Waals surface area contributed by atoms with Gasteiger partial charge in [0.2, 0.25) is 10.0 Å². The molecular weight excluding hydrogens is 188 g/mol. The van der Waals surface area contributed by atoms with Crippen molar-refractivity contribution in [3.63, 3.8) is 0 Å². The van der Waals surface area contributed by atoms with Crippen molar-refractivity contribution in [2.45, 2.75) is 13.8 Å². The van der Waals surface area contributed by atoms with Gasteiger partial charge in [0, 0.05) is 11.4 Å². The summed E-state index contributed by atoms with van der Waals surface area (Å²) in [6, 6.07) is 3.38. The fourth-order valence-corrected chi connectivity index (χ4v) is 1.65. The van der Waals surface area contributed by atoms with Gasteiger partial charge in [0.05, 0.1) is 11.9 Å². The number of nitrogens with zero attached hydrogens (tertiary/aromatic N) is 1. The van der Waals surface area contributed by atoms with Crippen LogP contribution in [0.15, 0.2) is 12.1 Å². The van der Waals surface area contributed by atoms with Gasteiger partial charge in [-0.2, -0.15) is 0 Å². The van der Waals surface area contributed by atoms with Crippen LogP contribution in [-0.2, 0) is 10.0 Å². The normalized spacial score (nSPS) is 11.3. The fourth-order valence-electron chi connectivity index (χ4n) is 1.11. The molecule has 1 N–H and O–H groups in total. The van der Waals surface area contributed by atoms with Gasteiger partial charge in [0.15, 0.2) is 0 Å². The minimum absolute atomic E-state index is 0.563. The van der Waals surface area contributed by atoms with E-state index in [2.05, 4.69) is 9.71 Å². The zero-order valence-corrected chi connectivity index (χ0v) is 8.64. The monoisotopic (exact) mass is 200 g/mol. The van der Waals surface area contributed by atoms with Gasteiger partial charge >= 0.3 is 0 Å². The Kier molecular flexibility index (Phi) is 2.56. The molecule has 0 unspecified atom stereocenters. The van der Waals surface area contributed by atoms with Gasteiger partial charge in [-0.15, -0.1) is 0 Å². The standard InChI is InChI=1S/C8H12N2O2S/c1-6-4-8(5-7(2)9-6)10-13(3,11)12/h4-5H,1-3H3,(H,9,10). The molecule has 0 bridgehead atoms. The molecule has 0 atom stereocenters. The maximum atomic E-state index is 10.9. The molecule has 0 saturated heterocycles. The first-order valence-corrected chi connectivity index (χ1v) is 5.69. The molecule has 0 fully saturated rings. The first-order chi connectivity index (χ1) is 5.87. The van der Waals surface area contributed by atoms with Crippen molar-refractivity contribution in [1.82, 2.24) is 4.98 Å². The molecule has 0 amide bonds. The van der Waals surface area contributed by atoms with Crippen molar-refractivity contribution < 1.29 is 8.42 Å². The zero-order chi connectivity index (χ0) is 10.1. The summed E-state index contributed by atoms with van der Waals surface area (Å²) in [5.41, 5.74) is 2.16. The fraction of sp³-hybridized carbons (Fsp3) is 0.375. The quantitative estimate of drug-likeness (QED) is 0.776. The van der Waals surface area contributed by atoms with E-state index in [4.69, 9.17) is 0 Å². The van der Waals surface area contributed by atoms with Crippen LogP contribution in [-0.4, -0.2) is 19.7 Å². The van der Waals surface area contributed by atoms with E-state index in [1.165, 1.54) is 0 Å². The van der Waals surface area contributed by atoms with Crippen LogP contribution in [0.5, 0.6) is 0 Å². The minimum Gasteiger partial charge on any atom is -0.284 e. The predicted octanol–water partition coefficient (Wildman–Crippen LogP) is 1.07. The number of hydrogen-bond donors (Lipinski definition) is 1. The lowest BCUT2D eigenvalue weighted by Gasteiger charge is -2.05. The molecule has 13 heavy (non-hydrogen) atoms. The van der Waals surface area contributed by atoms with Gasteiger partial charge in [-0.25, -0.2) is 8.42 Å². The Balaban J connectivity index is 3.03. The van der Waals surface area contributed by atoms with Crippen LogP contribution in [0, 0.1) is 13.8 Å². The molecule has 1 aromatic heterocycles. The Hall–Kier alpha value is -1.10. The van der Waals surface area contributed by atoms with Gasteiger partial charge < -0.3 is 0 Å². The first kappa shape index (κ1) is 9.98. The molecule has 0 aliphatic heterocycles. The van der Waals surface area contributed by atoms with Gasteiger partial charge in [-0.05, 0) is 26.0 Å². The average molecular weight is 200 g/mol. The van der Waals surface area contributed by atoms with E-state index in [0.29, 0.717) is 5.69 Å². The smallest absolute Gasteiger partial charge is 0.229 e. The Labute approximate surface area is 78.1 Å². The van der Waals surface area contributed by atoms with E-state index in [1.54, 1.807) is 12.1 Å². The largest absolute Gasteiger partial charge is 0.284 e. The molecule has 1 rings (SSSR count). The van der Waals surface area contributed by atoms with E-state index in [9.17, 15) is 8.42 Å². The Morgan fingerprint density at radius 2 is 1.69 bits per heavy atom. The van der Waals surface area contributed by atoms with E-state index in [1.807, 2.05) is 13.8 Å². The molecule has 1 heterocycles. The van der Waals surface area contributed by atoms with Crippen LogP contribution in [0.2, 0.25) is 0 Å². The molecule has 0 aliphatic rings. The molecule has 0 aromatic carbocycles. The molecule has 0 aliphatic carbocycles. The van der Waals surface area contributed by atoms with Gasteiger partial charge in [0.1, 0.15) is 0 Å². The predicted molar refractivity (Wildman–Crippen MR) is 52.2 cm³/mol. The van der Waals surface area contributed by atoms with Crippen LogP contribution in [0.1, 0.15) is 11.4 Å². The van der Waals surface area contributed by atoms with Crippen molar-refractivity contribution in [2.24, 2.45) is 0 Å². The average Bonchev–Trinajstić information content (AvgIpc) is 1.78. The summed E-state index contributed by atoms with van der Waals surface area (Å²) in [5.74, 6) is 0. The van der Waals surface area contributed by atoms with Crippen LogP contribution < -0.4 is 4.72 Å². The number of sulfonamides is 1. The van der Waals surface area contributed by atoms with E-state index < -0.39 is 10.0 Å². The lowest BCUT2D eigenvalue weighted by atomic mass is 10.3. The van der Waals surface area contributed by atoms with Crippen molar-refractivity contribution >= 4 is 15.7 Å². The SMILES string of the molecule is Cc1cc(NS(C)(=O)=O)cc(C)n1. The van der Waals surface area contributed by atoms with Crippen molar-refractivity contribution in [2.75, 3.05) is 11.0 Å². The third-order valence-electron chi connectivity index (χ3n) is 1.38. The summed E-state index contributed by atoms with van der Waals surface area (Å²) in [4.78, 5) is 4.13. The van der Waals surface area contributed by atoms with Crippen molar-refractivity contribution in [3.8, 4) is 0 Å². The molecule has 72 valence electrons. The number of hydrogen-bond acceptors (Lipinski definition) is 3. The number of rotatable bonds is 2. The third kappa shape index (κ3) is 3.42. The maximum absolute atomic E-state index is 10.9. The molecular formula is C8H12N2O2S. The van der Waals surface area contributed by atoms with Crippen LogP contribution in [0.25, 0.3) is 0 Å². The van der Waals surface area contributed by atoms with Gasteiger partial charge in [0.25, 0.3) is 0 Å². The second-order valence-corrected chi connectivity index (χ2v) is 4.76.